The van der Waals surface area contributed by atoms with Gasteiger partial charge in [0.1, 0.15) is 10.6 Å². The molecule has 2 unspecified atom stereocenters. The number of aromatic nitrogens is 3. The van der Waals surface area contributed by atoms with Crippen LogP contribution < -0.4 is 14.8 Å². The zero-order valence-corrected chi connectivity index (χ0v) is 22.5. The number of hydrogen-bond acceptors (Lipinski definition) is 7. The summed E-state index contributed by atoms with van der Waals surface area (Å²) in [6.45, 7) is 11.9. The Balaban J connectivity index is 2.61. The zero-order chi connectivity index (χ0) is 27.9. The number of ether oxygens (including phenoxy) is 1. The van der Waals surface area contributed by atoms with Crippen molar-refractivity contribution in [3.05, 3.63) is 53.0 Å². The van der Waals surface area contributed by atoms with Crippen molar-refractivity contribution in [2.45, 2.75) is 59.0 Å². The molecule has 0 bridgehead atoms. The van der Waals surface area contributed by atoms with Crippen molar-refractivity contribution < 1.29 is 30.9 Å². The van der Waals surface area contributed by atoms with Gasteiger partial charge in [0.15, 0.2) is 11.0 Å². The Kier molecular flexibility index (Phi) is 10.7. The second-order valence-corrected chi connectivity index (χ2v) is 10.4. The van der Waals surface area contributed by atoms with E-state index < -0.39 is 45.9 Å². The van der Waals surface area contributed by atoms with Gasteiger partial charge in [-0.3, -0.25) is 0 Å². The molecule has 0 aliphatic rings. The highest BCUT2D eigenvalue weighted by molar-refractivity contribution is 7.83. The first-order valence-corrected chi connectivity index (χ1v) is 13.2. The number of aryl methyl sites for hydroxylation is 1. The van der Waals surface area contributed by atoms with Crippen LogP contribution in [0.2, 0.25) is 0 Å². The first-order chi connectivity index (χ1) is 17.3. The normalized spacial score (nSPS) is 14.9. The van der Waals surface area contributed by atoms with Gasteiger partial charge in [-0.25, -0.2) is 19.2 Å². The van der Waals surface area contributed by atoms with Crippen LogP contribution in [-0.4, -0.2) is 37.1 Å². The van der Waals surface area contributed by atoms with Crippen LogP contribution in [0, 0.1) is 12.8 Å². The average Bonchev–Trinajstić information content (AvgIpc) is 3.19. The predicted molar refractivity (Wildman–Crippen MR) is 135 cm³/mol. The highest BCUT2D eigenvalue weighted by Gasteiger charge is 2.38. The van der Waals surface area contributed by atoms with E-state index in [1.807, 2.05) is 18.6 Å². The van der Waals surface area contributed by atoms with E-state index in [2.05, 4.69) is 26.8 Å². The lowest BCUT2D eigenvalue weighted by Gasteiger charge is -2.19. The van der Waals surface area contributed by atoms with Crippen LogP contribution in [0.1, 0.15) is 39.1 Å². The van der Waals surface area contributed by atoms with Gasteiger partial charge in [-0.2, -0.15) is 22.0 Å². The molecule has 0 aliphatic carbocycles. The predicted octanol–water partition coefficient (Wildman–Crippen LogP) is 6.52. The lowest BCUT2D eigenvalue weighted by Crippen LogP contribution is -2.24. The molecule has 2 heterocycles. The van der Waals surface area contributed by atoms with Gasteiger partial charge < -0.3 is 14.8 Å². The van der Waals surface area contributed by atoms with Crippen LogP contribution in [0.4, 0.5) is 27.9 Å². The number of nitrogens with one attached hydrogen (secondary N) is 2. The molecule has 0 aromatic carbocycles. The second-order valence-electron chi connectivity index (χ2n) is 8.08. The number of halogens is 5. The molecule has 0 aliphatic heterocycles. The minimum atomic E-state index is -4.95. The molecule has 2 aromatic rings. The summed E-state index contributed by atoms with van der Waals surface area (Å²) >= 11 is 1.18. The summed E-state index contributed by atoms with van der Waals surface area (Å²) in [5.41, 5.74) is -1.39. The van der Waals surface area contributed by atoms with E-state index in [0.29, 0.717) is 27.6 Å². The molecule has 0 radical (unpaired) electrons. The van der Waals surface area contributed by atoms with Crippen molar-refractivity contribution in [1.29, 1.82) is 0 Å². The van der Waals surface area contributed by atoms with Crippen LogP contribution in [-0.2, 0) is 11.0 Å². The van der Waals surface area contributed by atoms with E-state index in [-0.39, 0.29) is 11.9 Å². The zero-order valence-electron chi connectivity index (χ0n) is 20.8. The van der Waals surface area contributed by atoms with E-state index >= 15 is 0 Å². The quantitative estimate of drug-likeness (QED) is 0.173. The molecule has 0 spiro atoms. The van der Waals surface area contributed by atoms with Crippen LogP contribution in [0.15, 0.2) is 48.0 Å². The number of allylic oxidation sites excluding steroid dienone is 4. The largest absolute Gasteiger partial charge is 0.441 e. The lowest BCUT2D eigenvalue weighted by atomic mass is 10.0. The third kappa shape index (κ3) is 8.59. The average molecular weight is 566 g/mol. The molecule has 0 saturated carbocycles. The molecule has 14 heteroatoms. The Morgan fingerprint density at radius 2 is 1.95 bits per heavy atom. The minimum Gasteiger partial charge on any atom is -0.441 e. The topological polar surface area (TPSA) is 89.0 Å². The molecular weight excluding hydrogens is 537 g/mol. The van der Waals surface area contributed by atoms with Gasteiger partial charge in [0.05, 0.1) is 16.3 Å². The maximum Gasteiger partial charge on any atom is 0.419 e. The highest BCUT2D eigenvalue weighted by Crippen LogP contribution is 2.39. The van der Waals surface area contributed by atoms with Gasteiger partial charge in [0, 0.05) is 23.9 Å². The summed E-state index contributed by atoms with van der Waals surface area (Å²) in [7, 11) is -2.92. The van der Waals surface area contributed by atoms with Crippen molar-refractivity contribution in [2.24, 2.45) is 5.92 Å². The van der Waals surface area contributed by atoms with Gasteiger partial charge in [0.2, 0.25) is 11.8 Å². The van der Waals surface area contributed by atoms with Gasteiger partial charge >= 0.3 is 11.9 Å². The van der Waals surface area contributed by atoms with Crippen molar-refractivity contribution in [3.63, 3.8) is 0 Å². The number of alkyl halides is 5. The number of anilines is 1. The second kappa shape index (κ2) is 13.1. The van der Waals surface area contributed by atoms with Crippen molar-refractivity contribution >= 4 is 28.3 Å². The third-order valence-electron chi connectivity index (χ3n) is 4.78. The fourth-order valence-electron chi connectivity index (χ4n) is 2.84. The Labute approximate surface area is 218 Å². The molecule has 204 valence electrons. The first-order valence-electron chi connectivity index (χ1n) is 11.1. The van der Waals surface area contributed by atoms with Crippen LogP contribution in [0.25, 0.3) is 10.6 Å². The summed E-state index contributed by atoms with van der Waals surface area (Å²) < 4.78 is 86.9. The van der Waals surface area contributed by atoms with Crippen molar-refractivity contribution in [2.75, 3.05) is 5.32 Å². The van der Waals surface area contributed by atoms with Gasteiger partial charge in [-0.05, 0) is 38.5 Å². The van der Waals surface area contributed by atoms with Gasteiger partial charge in [0.25, 0.3) is 0 Å². The molecule has 0 fully saturated rings. The Morgan fingerprint density at radius 1 is 1.27 bits per heavy atom. The van der Waals surface area contributed by atoms with E-state index in [1.165, 1.54) is 31.4 Å². The van der Waals surface area contributed by atoms with E-state index in [4.69, 9.17) is 4.74 Å². The first kappa shape index (κ1) is 30.4. The lowest BCUT2D eigenvalue weighted by molar-refractivity contribution is -0.0913. The fourth-order valence-corrected chi connectivity index (χ4v) is 4.12. The third-order valence-corrected chi connectivity index (χ3v) is 6.52. The molecule has 37 heavy (non-hydrogen) atoms. The van der Waals surface area contributed by atoms with Crippen molar-refractivity contribution in [3.8, 4) is 16.5 Å². The summed E-state index contributed by atoms with van der Waals surface area (Å²) in [5, 5.41) is 3.66. The number of nitrogens with zero attached hydrogens (tertiary/aromatic N) is 3. The number of hydrogen-bond donors (Lipinski definition) is 2. The fraction of sp³-hybridized carbons (Fsp3) is 0.435. The summed E-state index contributed by atoms with van der Waals surface area (Å²) in [6, 6.07) is 1.68. The standard InChI is InChI=1S/C23H28F5N5O2S2/c1-7-13(5)30-22-29-10-9-17(32-22)19-20(31-14(6)36-19)35-18(12(3)4)16(23(26,27)28)11-15(8-2)33-37(34)21(24)25/h8-13,21,33H,2,7H2,1,3-6H3,(H,29,30,32)/b15-11+,18-16-. The Morgan fingerprint density at radius 3 is 2.49 bits per heavy atom. The summed E-state index contributed by atoms with van der Waals surface area (Å²) in [5.74, 6) is -4.39. The van der Waals surface area contributed by atoms with E-state index in [1.54, 1.807) is 13.0 Å². The minimum absolute atomic E-state index is 0.0952. The monoisotopic (exact) mass is 565 g/mol. The molecule has 2 N–H and O–H groups in total. The number of rotatable bonds is 12. The van der Waals surface area contributed by atoms with Crippen LogP contribution in [0.3, 0.4) is 0 Å². The highest BCUT2D eigenvalue weighted by atomic mass is 32.2. The molecule has 2 atom stereocenters. The maximum atomic E-state index is 14.1. The summed E-state index contributed by atoms with van der Waals surface area (Å²) in [4.78, 5) is 13.3. The smallest absolute Gasteiger partial charge is 0.419 e. The van der Waals surface area contributed by atoms with Crippen LogP contribution >= 0.6 is 11.3 Å². The molecule has 0 amide bonds. The molecule has 7 nitrogen and oxygen atoms in total. The van der Waals surface area contributed by atoms with E-state index in [0.717, 1.165) is 12.5 Å². The van der Waals surface area contributed by atoms with Crippen molar-refractivity contribution in [1.82, 2.24) is 19.7 Å². The molecule has 2 rings (SSSR count). The maximum absolute atomic E-state index is 14.1. The van der Waals surface area contributed by atoms with Gasteiger partial charge in [-0.15, -0.1) is 11.3 Å². The Hall–Kier alpha value is -2.87. The molecule has 0 saturated heterocycles. The van der Waals surface area contributed by atoms with Gasteiger partial charge in [-0.1, -0.05) is 27.4 Å². The molecule has 2 aromatic heterocycles. The number of thiazole rings is 1. The SMILES string of the molecule is C=C/C(=C\C(=C(\Oc1nc(C)sc1-c1ccnc(NC(C)CC)n1)C(C)C)C(F)(F)F)NS(=O)C(F)F. The molecular formula is C23H28F5N5O2S2. The summed E-state index contributed by atoms with van der Waals surface area (Å²) in [6.07, 6.45) is -1.23. The van der Waals surface area contributed by atoms with E-state index in [9.17, 15) is 26.2 Å². The van der Waals surface area contributed by atoms with Crippen LogP contribution in [0.5, 0.6) is 5.88 Å². The Bertz CT molecular complexity index is 1180.